The van der Waals surface area contributed by atoms with E-state index in [0.29, 0.717) is 67.3 Å². The molecule has 2 fully saturated rings. The van der Waals surface area contributed by atoms with Gasteiger partial charge in [-0.05, 0) is 42.7 Å². The molecule has 6 nitrogen and oxygen atoms in total. The van der Waals surface area contributed by atoms with Gasteiger partial charge in [-0.3, -0.25) is 9.69 Å². The van der Waals surface area contributed by atoms with E-state index in [1.807, 2.05) is 6.07 Å². The van der Waals surface area contributed by atoms with Gasteiger partial charge < -0.3 is 14.4 Å². The molecular formula is C22H21ClFN3O3. The van der Waals surface area contributed by atoms with Crippen molar-refractivity contribution in [1.82, 2.24) is 14.8 Å². The molecule has 1 aromatic heterocycles. The second-order valence-corrected chi connectivity index (χ2v) is 8.48. The minimum Gasteiger partial charge on any atom is -0.436 e. The Bertz CT molecular complexity index is 1120. The number of carbonyl (C=O) groups excluding carboxylic acids is 1. The summed E-state index contributed by atoms with van der Waals surface area (Å²) >= 11 is 5.97. The fourth-order valence-electron chi connectivity index (χ4n) is 3.84. The van der Waals surface area contributed by atoms with Crippen LogP contribution >= 0.6 is 11.6 Å². The molecule has 0 atom stereocenters. The standard InChI is InChI=1S/C22H21ClFN3O3/c23-15-2-4-18-19(12-15)30-20(25-18)16-3-1-14(11-17(16)24)13-26-7-9-27(10-8-26)21(28)22(29)5-6-22/h1-4,11-12,29H,5-10,13H2. The fourth-order valence-corrected chi connectivity index (χ4v) is 4.00. The molecule has 2 aromatic carbocycles. The largest absolute Gasteiger partial charge is 0.436 e. The van der Waals surface area contributed by atoms with Gasteiger partial charge in [-0.1, -0.05) is 17.7 Å². The molecule has 2 heterocycles. The van der Waals surface area contributed by atoms with E-state index in [9.17, 15) is 14.3 Å². The second-order valence-electron chi connectivity index (χ2n) is 8.05. The molecule has 1 amide bonds. The van der Waals surface area contributed by atoms with Gasteiger partial charge in [-0.25, -0.2) is 9.37 Å². The van der Waals surface area contributed by atoms with E-state index in [0.717, 1.165) is 5.56 Å². The third-order valence-corrected chi connectivity index (χ3v) is 6.04. The number of benzene rings is 2. The topological polar surface area (TPSA) is 69.8 Å². The van der Waals surface area contributed by atoms with E-state index in [4.69, 9.17) is 16.0 Å². The average Bonchev–Trinajstić information content (AvgIpc) is 3.34. The Labute approximate surface area is 177 Å². The van der Waals surface area contributed by atoms with Crippen molar-refractivity contribution in [2.75, 3.05) is 26.2 Å². The molecule has 30 heavy (non-hydrogen) atoms. The van der Waals surface area contributed by atoms with Crippen molar-refractivity contribution in [2.24, 2.45) is 0 Å². The molecule has 1 saturated heterocycles. The monoisotopic (exact) mass is 429 g/mol. The lowest BCUT2D eigenvalue weighted by Gasteiger charge is -2.35. The van der Waals surface area contributed by atoms with Gasteiger partial charge in [0.2, 0.25) is 5.89 Å². The zero-order valence-corrected chi connectivity index (χ0v) is 17.0. The predicted molar refractivity (Wildman–Crippen MR) is 110 cm³/mol. The molecular weight excluding hydrogens is 409 g/mol. The minimum absolute atomic E-state index is 0.155. The first kappa shape index (κ1) is 19.5. The molecule has 0 unspecified atom stereocenters. The Hall–Kier alpha value is -2.48. The van der Waals surface area contributed by atoms with Crippen LogP contribution in [0.3, 0.4) is 0 Å². The van der Waals surface area contributed by atoms with E-state index < -0.39 is 11.4 Å². The summed E-state index contributed by atoms with van der Waals surface area (Å²) in [5.74, 6) is -0.325. The van der Waals surface area contributed by atoms with Gasteiger partial charge in [-0.15, -0.1) is 0 Å². The second kappa shape index (κ2) is 7.34. The van der Waals surface area contributed by atoms with E-state index >= 15 is 0 Å². The molecule has 3 aromatic rings. The van der Waals surface area contributed by atoms with Crippen LogP contribution in [0.1, 0.15) is 18.4 Å². The molecule has 8 heteroatoms. The third-order valence-electron chi connectivity index (χ3n) is 5.80. The van der Waals surface area contributed by atoms with Gasteiger partial charge in [0, 0.05) is 43.8 Å². The van der Waals surface area contributed by atoms with Crippen molar-refractivity contribution < 1.29 is 18.7 Å². The normalized spacial score (nSPS) is 18.7. The number of amides is 1. The van der Waals surface area contributed by atoms with Crippen LogP contribution in [0.25, 0.3) is 22.6 Å². The quantitative estimate of drug-likeness (QED) is 0.687. The van der Waals surface area contributed by atoms with E-state index in [-0.39, 0.29) is 11.8 Å². The summed E-state index contributed by atoms with van der Waals surface area (Å²) in [5, 5.41) is 10.5. The molecule has 0 bridgehead atoms. The highest BCUT2D eigenvalue weighted by Gasteiger charge is 2.50. The number of fused-ring (bicyclic) bond motifs is 1. The van der Waals surface area contributed by atoms with E-state index in [2.05, 4.69) is 9.88 Å². The van der Waals surface area contributed by atoms with Crippen molar-refractivity contribution in [1.29, 1.82) is 0 Å². The van der Waals surface area contributed by atoms with Gasteiger partial charge >= 0.3 is 0 Å². The maximum Gasteiger partial charge on any atom is 0.254 e. The molecule has 5 rings (SSSR count). The highest BCUT2D eigenvalue weighted by Crippen LogP contribution is 2.37. The van der Waals surface area contributed by atoms with Crippen molar-refractivity contribution in [2.45, 2.75) is 25.0 Å². The van der Waals surface area contributed by atoms with Crippen molar-refractivity contribution in [3.8, 4) is 11.5 Å². The summed E-state index contributed by atoms with van der Waals surface area (Å²) in [4.78, 5) is 20.5. The van der Waals surface area contributed by atoms with Crippen molar-refractivity contribution in [3.05, 3.63) is 52.8 Å². The Morgan fingerprint density at radius 2 is 1.93 bits per heavy atom. The number of hydrogen-bond donors (Lipinski definition) is 1. The fraction of sp³-hybridized carbons (Fsp3) is 0.364. The van der Waals surface area contributed by atoms with Crippen LogP contribution in [0.4, 0.5) is 4.39 Å². The van der Waals surface area contributed by atoms with Crippen LogP contribution in [0.15, 0.2) is 40.8 Å². The summed E-state index contributed by atoms with van der Waals surface area (Å²) in [6, 6.07) is 10.2. The Morgan fingerprint density at radius 1 is 1.17 bits per heavy atom. The number of halogens is 2. The van der Waals surface area contributed by atoms with Gasteiger partial charge in [-0.2, -0.15) is 0 Å². The summed E-state index contributed by atoms with van der Waals surface area (Å²) in [7, 11) is 0. The highest BCUT2D eigenvalue weighted by molar-refractivity contribution is 6.31. The van der Waals surface area contributed by atoms with E-state index in [1.54, 1.807) is 29.2 Å². The Morgan fingerprint density at radius 3 is 2.63 bits per heavy atom. The maximum absolute atomic E-state index is 14.8. The van der Waals surface area contributed by atoms with Gasteiger partial charge in [0.15, 0.2) is 5.58 Å². The van der Waals surface area contributed by atoms with Crippen molar-refractivity contribution >= 4 is 28.6 Å². The number of carbonyl (C=O) groups is 1. The average molecular weight is 430 g/mol. The third kappa shape index (κ3) is 3.69. The summed E-state index contributed by atoms with van der Waals surface area (Å²) in [6.07, 6.45) is 1.12. The zero-order chi connectivity index (χ0) is 20.9. The Kier molecular flexibility index (Phi) is 4.76. The van der Waals surface area contributed by atoms with Crippen molar-refractivity contribution in [3.63, 3.8) is 0 Å². The lowest BCUT2D eigenvalue weighted by Crippen LogP contribution is -2.51. The number of oxazole rings is 1. The minimum atomic E-state index is -1.11. The molecule has 1 aliphatic heterocycles. The molecule has 2 aliphatic rings. The number of rotatable bonds is 4. The SMILES string of the molecule is O=C(N1CCN(Cc2ccc(-c3nc4ccc(Cl)cc4o3)c(F)c2)CC1)C1(O)CC1. The molecule has 0 radical (unpaired) electrons. The lowest BCUT2D eigenvalue weighted by molar-refractivity contribution is -0.144. The first-order chi connectivity index (χ1) is 14.4. The zero-order valence-electron chi connectivity index (χ0n) is 16.3. The van der Waals surface area contributed by atoms with Crippen LogP contribution in [0.5, 0.6) is 0 Å². The first-order valence-corrected chi connectivity index (χ1v) is 10.4. The number of aliphatic hydroxyl groups is 1. The molecule has 1 aliphatic carbocycles. The van der Waals surface area contributed by atoms with Crippen LogP contribution in [0.2, 0.25) is 5.02 Å². The van der Waals surface area contributed by atoms with Gasteiger partial charge in [0.1, 0.15) is 16.9 Å². The number of piperazine rings is 1. The van der Waals surface area contributed by atoms with Crippen LogP contribution in [-0.4, -0.2) is 57.6 Å². The molecule has 1 N–H and O–H groups in total. The predicted octanol–water partition coefficient (Wildman–Crippen LogP) is 3.46. The molecule has 156 valence electrons. The summed E-state index contributed by atoms with van der Waals surface area (Å²) in [6.45, 7) is 3.13. The smallest absolute Gasteiger partial charge is 0.254 e. The van der Waals surface area contributed by atoms with Crippen LogP contribution < -0.4 is 0 Å². The summed E-state index contributed by atoms with van der Waals surface area (Å²) < 4.78 is 20.4. The van der Waals surface area contributed by atoms with Crippen LogP contribution in [0, 0.1) is 5.82 Å². The van der Waals surface area contributed by atoms with Crippen LogP contribution in [-0.2, 0) is 11.3 Å². The summed E-state index contributed by atoms with van der Waals surface area (Å²) in [5.41, 5.74) is 1.18. The highest BCUT2D eigenvalue weighted by atomic mass is 35.5. The number of hydrogen-bond acceptors (Lipinski definition) is 5. The first-order valence-electron chi connectivity index (χ1n) is 10.0. The number of aromatic nitrogens is 1. The number of nitrogens with zero attached hydrogens (tertiary/aromatic N) is 3. The maximum atomic E-state index is 14.8. The Balaban J connectivity index is 1.25. The van der Waals surface area contributed by atoms with E-state index in [1.165, 1.54) is 6.07 Å². The van der Waals surface area contributed by atoms with Gasteiger partial charge in [0.25, 0.3) is 5.91 Å². The molecule has 1 saturated carbocycles. The lowest BCUT2D eigenvalue weighted by atomic mass is 10.1. The van der Waals surface area contributed by atoms with Gasteiger partial charge in [0.05, 0.1) is 5.56 Å². The molecule has 0 spiro atoms.